The predicted octanol–water partition coefficient (Wildman–Crippen LogP) is 3.59. The summed E-state index contributed by atoms with van der Waals surface area (Å²) in [7, 11) is 5.70. The lowest BCUT2D eigenvalue weighted by Crippen LogP contribution is -2.16. The number of ether oxygens (including phenoxy) is 2. The van der Waals surface area contributed by atoms with Gasteiger partial charge in [0.25, 0.3) is 5.22 Å². The van der Waals surface area contributed by atoms with Crippen molar-refractivity contribution in [2.45, 2.75) is 17.6 Å². The molecule has 1 N–H and O–H groups in total. The highest BCUT2D eigenvalue weighted by atomic mass is 32.2. The Balaban J connectivity index is 1.30. The topological polar surface area (TPSA) is 72.7 Å². The van der Waals surface area contributed by atoms with Crippen LogP contribution in [0, 0.1) is 0 Å². The fourth-order valence-corrected chi connectivity index (χ4v) is 3.81. The highest BCUT2D eigenvalue weighted by Crippen LogP contribution is 2.28. The number of benzene rings is 2. The Kier molecular flexibility index (Phi) is 6.03. The second-order valence-electron chi connectivity index (χ2n) is 6.94. The molecule has 1 aliphatic rings. The molecule has 0 spiro atoms. The number of methoxy groups -OCH3 is 1. The van der Waals surface area contributed by atoms with E-state index in [4.69, 9.17) is 13.9 Å². The number of thioether (sulfide) groups is 1. The molecule has 8 heteroatoms. The summed E-state index contributed by atoms with van der Waals surface area (Å²) in [5, 5.41) is 12.2. The second-order valence-corrected chi connectivity index (χ2v) is 7.92. The van der Waals surface area contributed by atoms with Gasteiger partial charge in [-0.2, -0.15) is 0 Å². The monoisotopic (exact) mass is 412 g/mol. The molecule has 0 saturated carbocycles. The Morgan fingerprint density at radius 3 is 2.55 bits per heavy atom. The summed E-state index contributed by atoms with van der Waals surface area (Å²) in [6, 6.07) is 15.9. The third-order valence-electron chi connectivity index (χ3n) is 4.71. The van der Waals surface area contributed by atoms with Crippen LogP contribution in [0.25, 0.3) is 11.5 Å². The van der Waals surface area contributed by atoms with Gasteiger partial charge in [0.15, 0.2) is 0 Å². The van der Waals surface area contributed by atoms with E-state index in [1.165, 1.54) is 17.4 Å². The minimum Gasteiger partial charge on any atom is -0.497 e. The lowest BCUT2D eigenvalue weighted by Gasteiger charge is -2.16. The van der Waals surface area contributed by atoms with Gasteiger partial charge in [-0.1, -0.05) is 23.9 Å². The standard InChI is InChI=1S/C21H24N4O3S/c1-25(2)16-8-4-14(5-9-16)19-22-12-18(27-19)13-29-21-24-23-20(28-21)15-6-10-17(26-3)11-7-15/h4-11,18-19,22H,12-13H2,1-3H3/t18-,19-/m1/s1. The Hall–Kier alpha value is -2.55. The molecule has 1 aromatic heterocycles. The largest absolute Gasteiger partial charge is 0.497 e. The fourth-order valence-electron chi connectivity index (χ4n) is 3.05. The van der Waals surface area contributed by atoms with Crippen molar-refractivity contribution in [1.82, 2.24) is 15.5 Å². The van der Waals surface area contributed by atoms with Crippen LogP contribution in [-0.2, 0) is 4.74 Å². The number of aromatic nitrogens is 2. The van der Waals surface area contributed by atoms with E-state index in [2.05, 4.69) is 44.7 Å². The van der Waals surface area contributed by atoms with E-state index in [1.54, 1.807) is 7.11 Å². The van der Waals surface area contributed by atoms with Gasteiger partial charge in [-0.05, 0) is 42.0 Å². The van der Waals surface area contributed by atoms with Crippen LogP contribution in [0.5, 0.6) is 5.75 Å². The molecule has 152 valence electrons. The number of anilines is 1. The Bertz CT molecular complexity index is 928. The van der Waals surface area contributed by atoms with E-state index in [0.717, 1.165) is 29.2 Å². The maximum absolute atomic E-state index is 6.14. The SMILES string of the molecule is COc1ccc(-c2nnc(SC[C@H]3CN[C@@H](c4ccc(N(C)C)cc4)O3)o2)cc1. The summed E-state index contributed by atoms with van der Waals surface area (Å²) in [6.45, 7) is 0.784. The van der Waals surface area contributed by atoms with Crippen LogP contribution < -0.4 is 15.0 Å². The fraction of sp³-hybridized carbons (Fsp3) is 0.333. The summed E-state index contributed by atoms with van der Waals surface area (Å²) in [4.78, 5) is 2.08. The second kappa shape index (κ2) is 8.86. The lowest BCUT2D eigenvalue weighted by molar-refractivity contribution is 0.0534. The number of nitrogens with one attached hydrogen (secondary N) is 1. The summed E-state index contributed by atoms with van der Waals surface area (Å²) >= 11 is 1.51. The van der Waals surface area contributed by atoms with E-state index in [-0.39, 0.29) is 12.3 Å². The van der Waals surface area contributed by atoms with Gasteiger partial charge in [-0.3, -0.25) is 5.32 Å². The van der Waals surface area contributed by atoms with Crippen molar-refractivity contribution in [2.75, 3.05) is 38.4 Å². The van der Waals surface area contributed by atoms with Crippen LogP contribution in [0.15, 0.2) is 58.2 Å². The maximum Gasteiger partial charge on any atom is 0.276 e. The molecule has 0 unspecified atom stereocenters. The van der Waals surface area contributed by atoms with Gasteiger partial charge in [0.05, 0.1) is 13.2 Å². The van der Waals surface area contributed by atoms with Crippen LogP contribution in [0.4, 0.5) is 5.69 Å². The molecule has 1 aliphatic heterocycles. The Labute approximate surface area is 174 Å². The smallest absolute Gasteiger partial charge is 0.276 e. The van der Waals surface area contributed by atoms with Gasteiger partial charge < -0.3 is 18.8 Å². The highest BCUT2D eigenvalue weighted by molar-refractivity contribution is 7.99. The van der Waals surface area contributed by atoms with Crippen LogP contribution in [0.2, 0.25) is 0 Å². The first-order valence-corrected chi connectivity index (χ1v) is 10.4. The van der Waals surface area contributed by atoms with Gasteiger partial charge in [-0.15, -0.1) is 10.2 Å². The van der Waals surface area contributed by atoms with E-state index in [0.29, 0.717) is 11.1 Å². The van der Waals surface area contributed by atoms with Gasteiger partial charge >= 0.3 is 0 Å². The predicted molar refractivity (Wildman–Crippen MR) is 113 cm³/mol. The summed E-state index contributed by atoms with van der Waals surface area (Å²) < 4.78 is 17.1. The molecule has 29 heavy (non-hydrogen) atoms. The average molecular weight is 413 g/mol. The van der Waals surface area contributed by atoms with Crippen LogP contribution in [0.1, 0.15) is 11.8 Å². The van der Waals surface area contributed by atoms with Gasteiger partial charge in [0, 0.05) is 37.6 Å². The molecular formula is C21H24N4O3S. The molecule has 0 radical (unpaired) electrons. The van der Waals surface area contributed by atoms with Gasteiger partial charge in [0.1, 0.15) is 12.0 Å². The molecule has 1 saturated heterocycles. The van der Waals surface area contributed by atoms with Gasteiger partial charge in [-0.25, -0.2) is 0 Å². The van der Waals surface area contributed by atoms with Gasteiger partial charge in [0.2, 0.25) is 5.89 Å². The zero-order chi connectivity index (χ0) is 20.2. The molecule has 2 aromatic carbocycles. The van der Waals surface area contributed by atoms with Crippen molar-refractivity contribution in [2.24, 2.45) is 0 Å². The number of hydrogen-bond acceptors (Lipinski definition) is 8. The highest BCUT2D eigenvalue weighted by Gasteiger charge is 2.26. The molecule has 4 rings (SSSR count). The molecule has 0 aliphatic carbocycles. The normalized spacial score (nSPS) is 18.7. The van der Waals surface area contributed by atoms with Crippen molar-refractivity contribution in [3.63, 3.8) is 0 Å². The number of nitrogens with zero attached hydrogens (tertiary/aromatic N) is 3. The summed E-state index contributed by atoms with van der Waals surface area (Å²) in [5.74, 6) is 2.03. The zero-order valence-electron chi connectivity index (χ0n) is 16.7. The first-order chi connectivity index (χ1) is 14.1. The van der Waals surface area contributed by atoms with E-state index in [9.17, 15) is 0 Å². The molecule has 2 atom stereocenters. The summed E-state index contributed by atoms with van der Waals surface area (Å²) in [5.41, 5.74) is 3.16. The zero-order valence-corrected chi connectivity index (χ0v) is 17.5. The molecule has 2 heterocycles. The first-order valence-electron chi connectivity index (χ1n) is 9.39. The van der Waals surface area contributed by atoms with Crippen molar-refractivity contribution in [3.8, 4) is 17.2 Å². The average Bonchev–Trinajstić information content (AvgIpc) is 3.42. The third-order valence-corrected chi connectivity index (χ3v) is 5.66. The van der Waals surface area contributed by atoms with Crippen molar-refractivity contribution >= 4 is 17.4 Å². The Morgan fingerprint density at radius 1 is 1.10 bits per heavy atom. The molecule has 0 bridgehead atoms. The van der Waals surface area contributed by atoms with Crippen LogP contribution >= 0.6 is 11.8 Å². The first kappa shape index (κ1) is 19.8. The van der Waals surface area contributed by atoms with Crippen molar-refractivity contribution in [1.29, 1.82) is 0 Å². The van der Waals surface area contributed by atoms with E-state index < -0.39 is 0 Å². The van der Waals surface area contributed by atoms with E-state index >= 15 is 0 Å². The number of hydrogen-bond donors (Lipinski definition) is 1. The van der Waals surface area contributed by atoms with Crippen LogP contribution in [-0.4, -0.2) is 49.8 Å². The van der Waals surface area contributed by atoms with Crippen LogP contribution in [0.3, 0.4) is 0 Å². The Morgan fingerprint density at radius 2 is 1.86 bits per heavy atom. The molecule has 3 aromatic rings. The number of rotatable bonds is 7. The minimum absolute atomic E-state index is 0.0786. The lowest BCUT2D eigenvalue weighted by atomic mass is 10.2. The molecule has 7 nitrogen and oxygen atoms in total. The quantitative estimate of drug-likeness (QED) is 0.590. The maximum atomic E-state index is 6.14. The van der Waals surface area contributed by atoms with E-state index in [1.807, 2.05) is 38.4 Å². The molecule has 1 fully saturated rings. The third kappa shape index (κ3) is 4.72. The minimum atomic E-state index is -0.0886. The molecule has 0 amide bonds. The van der Waals surface area contributed by atoms with Crippen molar-refractivity contribution in [3.05, 3.63) is 54.1 Å². The molecular weight excluding hydrogens is 388 g/mol. The van der Waals surface area contributed by atoms with Crippen molar-refractivity contribution < 1.29 is 13.9 Å². The summed E-state index contributed by atoms with van der Waals surface area (Å²) in [6.07, 6.45) is -0.00998.